The Bertz CT molecular complexity index is 1560. The van der Waals surface area contributed by atoms with Crippen LogP contribution in [0.1, 0.15) is 60.8 Å². The van der Waals surface area contributed by atoms with Gasteiger partial charge in [-0.2, -0.15) is 0 Å². The van der Waals surface area contributed by atoms with Crippen LogP contribution in [0.3, 0.4) is 0 Å². The van der Waals surface area contributed by atoms with Crippen LogP contribution in [0.15, 0.2) is 182 Å². The first-order chi connectivity index (χ1) is 24.5. The van der Waals surface area contributed by atoms with E-state index in [2.05, 4.69) is 86.0 Å². The van der Waals surface area contributed by atoms with Crippen LogP contribution in [-0.2, 0) is 0 Å². The first-order valence-electron chi connectivity index (χ1n) is 17.5. The summed E-state index contributed by atoms with van der Waals surface area (Å²) in [5, 5.41) is 9.99. The summed E-state index contributed by atoms with van der Waals surface area (Å²) < 4.78 is 0. The van der Waals surface area contributed by atoms with Crippen LogP contribution in [0.2, 0.25) is 0 Å². The van der Waals surface area contributed by atoms with Crippen molar-refractivity contribution in [3.05, 3.63) is 204 Å². The van der Waals surface area contributed by atoms with Gasteiger partial charge >= 0.3 is 0 Å². The van der Waals surface area contributed by atoms with Gasteiger partial charge in [0, 0.05) is 48.7 Å². The van der Waals surface area contributed by atoms with Gasteiger partial charge in [-0.1, -0.05) is 158 Å². The van der Waals surface area contributed by atoms with Crippen molar-refractivity contribution in [3.63, 3.8) is 0 Å². The lowest BCUT2D eigenvalue weighted by atomic mass is 10.0. The average molecular weight is 665 g/mol. The first kappa shape index (κ1) is 39.0. The molecule has 0 atom stereocenters. The van der Waals surface area contributed by atoms with Gasteiger partial charge in [0.1, 0.15) is 6.10 Å². The molecule has 1 N–H and O–H groups in total. The maximum atomic E-state index is 11.8. The molecule has 0 aliphatic rings. The second-order valence-electron chi connectivity index (χ2n) is 11.3. The van der Waals surface area contributed by atoms with Crippen molar-refractivity contribution in [2.75, 3.05) is 36.0 Å². The molecule has 4 heteroatoms. The van der Waals surface area contributed by atoms with E-state index in [1.165, 1.54) is 11.4 Å². The van der Waals surface area contributed by atoms with Crippen LogP contribution in [0.5, 0.6) is 0 Å². The minimum Gasteiger partial charge on any atom is -0.384 e. The summed E-state index contributed by atoms with van der Waals surface area (Å²) in [5.41, 5.74) is 5.96. The lowest BCUT2D eigenvalue weighted by Gasteiger charge is -2.20. The number of rotatable bonds is 10. The van der Waals surface area contributed by atoms with Crippen molar-refractivity contribution in [2.45, 2.75) is 33.8 Å². The monoisotopic (exact) mass is 664 g/mol. The number of anilines is 2. The maximum absolute atomic E-state index is 11.8. The third kappa shape index (κ3) is 13.2. The Balaban J connectivity index is 0.000000182. The minimum atomic E-state index is -0.516. The molecule has 0 unspecified atom stereocenters. The molecule has 0 aliphatic heterocycles. The highest BCUT2D eigenvalue weighted by molar-refractivity contribution is 6.08. The van der Waals surface area contributed by atoms with Gasteiger partial charge in [0.15, 0.2) is 5.78 Å². The largest absolute Gasteiger partial charge is 0.384 e. The quantitative estimate of drug-likeness (QED) is 0.148. The molecule has 0 aliphatic carbocycles. The van der Waals surface area contributed by atoms with E-state index in [9.17, 15) is 9.90 Å². The zero-order chi connectivity index (χ0) is 35.8. The average Bonchev–Trinajstić information content (AvgIpc) is 3.21. The van der Waals surface area contributed by atoms with Crippen LogP contribution in [0.25, 0.3) is 0 Å². The summed E-state index contributed by atoms with van der Waals surface area (Å²) >= 11 is 0. The molecule has 0 spiro atoms. The number of hydrogen-bond acceptors (Lipinski definition) is 4. The number of aliphatic hydroxyl groups is 1. The molecule has 0 fully saturated rings. The van der Waals surface area contributed by atoms with Crippen LogP contribution >= 0.6 is 0 Å². The molecule has 0 radical (unpaired) electrons. The molecule has 6 aromatic carbocycles. The highest BCUT2D eigenvalue weighted by Gasteiger charge is 2.08. The van der Waals surface area contributed by atoms with Crippen LogP contribution in [-0.4, -0.2) is 37.1 Å². The fourth-order valence-corrected chi connectivity index (χ4v) is 5.26. The highest BCUT2D eigenvalue weighted by Crippen LogP contribution is 2.20. The molecule has 4 nitrogen and oxygen atoms in total. The van der Waals surface area contributed by atoms with Crippen LogP contribution in [0, 0.1) is 0 Å². The van der Waals surface area contributed by atoms with Gasteiger partial charge in [-0.25, -0.2) is 0 Å². The molecule has 0 bridgehead atoms. The van der Waals surface area contributed by atoms with Crippen molar-refractivity contribution < 1.29 is 9.90 Å². The summed E-state index contributed by atoms with van der Waals surface area (Å²) in [4.78, 5) is 16.5. The molecule has 0 saturated heterocycles. The van der Waals surface area contributed by atoms with Crippen LogP contribution in [0.4, 0.5) is 11.4 Å². The van der Waals surface area contributed by atoms with Gasteiger partial charge in [0.05, 0.1) is 0 Å². The smallest absolute Gasteiger partial charge is 0.193 e. The normalized spacial score (nSPS) is 9.88. The number of carbonyl (C=O) groups excluding carboxylic acids is 1. The molecule has 258 valence electrons. The topological polar surface area (TPSA) is 43.8 Å². The van der Waals surface area contributed by atoms with E-state index < -0.39 is 6.10 Å². The summed E-state index contributed by atoms with van der Waals surface area (Å²) in [6.45, 7) is 13.0. The molecule has 50 heavy (non-hydrogen) atoms. The molecule has 0 heterocycles. The molecular formula is C46H52N2O2. The predicted octanol–water partition coefficient (Wildman–Crippen LogP) is 10.8. The highest BCUT2D eigenvalue weighted by atomic mass is 16.3. The second-order valence-corrected chi connectivity index (χ2v) is 11.3. The van der Waals surface area contributed by atoms with Gasteiger partial charge in [-0.15, -0.1) is 0 Å². The number of ketones is 1. The summed E-state index contributed by atoms with van der Waals surface area (Å²) in [7, 11) is 0. The molecule has 6 aromatic rings. The van der Waals surface area contributed by atoms with E-state index in [0.29, 0.717) is 0 Å². The van der Waals surface area contributed by atoms with Crippen molar-refractivity contribution in [3.8, 4) is 0 Å². The zero-order valence-electron chi connectivity index (χ0n) is 30.0. The third-order valence-corrected chi connectivity index (χ3v) is 8.07. The minimum absolute atomic E-state index is 0.0752. The predicted molar refractivity (Wildman–Crippen MR) is 213 cm³/mol. The molecule has 0 amide bonds. The third-order valence-electron chi connectivity index (χ3n) is 8.07. The number of carbonyl (C=O) groups is 1. The van der Waals surface area contributed by atoms with Gasteiger partial charge < -0.3 is 14.9 Å². The Labute approximate surface area is 300 Å². The molecule has 0 saturated carbocycles. The Kier molecular flexibility index (Phi) is 17.9. The van der Waals surface area contributed by atoms with Crippen molar-refractivity contribution in [1.82, 2.24) is 0 Å². The fourth-order valence-electron chi connectivity index (χ4n) is 5.26. The lowest BCUT2D eigenvalue weighted by molar-refractivity contribution is 0.103. The SMILES string of the molecule is CCN(CC)c1ccccc1.CCN(CC)c1ccccc1.O=C(c1ccccc1)c1ccccc1.OC(c1ccccc1)c1ccccc1. The summed E-state index contributed by atoms with van der Waals surface area (Å²) in [6, 6.07) is 58.9. The number of aliphatic hydroxyl groups excluding tert-OH is 1. The fraction of sp³-hybridized carbons (Fsp3) is 0.196. The van der Waals surface area contributed by atoms with E-state index in [-0.39, 0.29) is 5.78 Å². The Morgan fingerprint density at radius 2 is 0.660 bits per heavy atom. The first-order valence-corrected chi connectivity index (χ1v) is 17.5. The lowest BCUT2D eigenvalue weighted by Crippen LogP contribution is -2.21. The van der Waals surface area contributed by atoms with E-state index in [1.807, 2.05) is 133 Å². The van der Waals surface area contributed by atoms with E-state index in [4.69, 9.17) is 0 Å². The number of nitrogens with zero attached hydrogens (tertiary/aromatic N) is 2. The number of para-hydroxylation sites is 2. The Hall–Kier alpha value is -5.45. The van der Waals surface area contributed by atoms with Gasteiger partial charge in [-0.05, 0) is 63.1 Å². The second kappa shape index (κ2) is 23.0. The maximum Gasteiger partial charge on any atom is 0.193 e. The van der Waals surface area contributed by atoms with E-state index in [1.54, 1.807) is 0 Å². The van der Waals surface area contributed by atoms with Gasteiger partial charge in [-0.3, -0.25) is 4.79 Å². The van der Waals surface area contributed by atoms with E-state index >= 15 is 0 Å². The standard InChI is InChI=1S/C13H12O.C13H10O.2C10H15N/c2*14-13(11-7-3-1-4-8-11)12-9-5-2-6-10-12;2*1-3-11(4-2)10-8-6-5-7-9-10/h1-10,13-14H;1-10H;2*5-9H,3-4H2,1-2H3. The number of benzene rings is 6. The number of hydrogen-bond donors (Lipinski definition) is 1. The zero-order valence-corrected chi connectivity index (χ0v) is 30.0. The Morgan fingerprint density at radius 1 is 0.420 bits per heavy atom. The van der Waals surface area contributed by atoms with Crippen molar-refractivity contribution in [1.29, 1.82) is 0 Å². The van der Waals surface area contributed by atoms with Crippen molar-refractivity contribution in [2.24, 2.45) is 0 Å². The van der Waals surface area contributed by atoms with Crippen molar-refractivity contribution >= 4 is 17.2 Å². The molecule has 0 aromatic heterocycles. The van der Waals surface area contributed by atoms with Gasteiger partial charge in [0.25, 0.3) is 0 Å². The summed E-state index contributed by atoms with van der Waals surface area (Å²) in [5.74, 6) is 0.0752. The molecular weight excluding hydrogens is 613 g/mol. The van der Waals surface area contributed by atoms with E-state index in [0.717, 1.165) is 48.4 Å². The van der Waals surface area contributed by atoms with Crippen LogP contribution < -0.4 is 9.80 Å². The molecule has 6 rings (SSSR count). The Morgan fingerprint density at radius 3 is 0.920 bits per heavy atom. The summed E-state index contributed by atoms with van der Waals surface area (Å²) in [6.07, 6.45) is -0.516. The van der Waals surface area contributed by atoms with Gasteiger partial charge in [0.2, 0.25) is 0 Å².